The van der Waals surface area contributed by atoms with Crippen molar-refractivity contribution in [3.63, 3.8) is 0 Å². The van der Waals surface area contributed by atoms with Crippen LogP contribution in [0.15, 0.2) is 0 Å². The van der Waals surface area contributed by atoms with Gasteiger partial charge in [-0.15, -0.1) is 0 Å². The third-order valence-corrected chi connectivity index (χ3v) is 3.83. The minimum atomic E-state index is -0.106. The first-order chi connectivity index (χ1) is 8.66. The first-order valence-corrected chi connectivity index (χ1v) is 7.89. The molecule has 19 heavy (non-hydrogen) atoms. The van der Waals surface area contributed by atoms with Gasteiger partial charge in [0.15, 0.2) is 0 Å². The van der Waals surface area contributed by atoms with Crippen LogP contribution >= 0.6 is 0 Å². The Morgan fingerprint density at radius 3 is 1.74 bits per heavy atom. The van der Waals surface area contributed by atoms with Gasteiger partial charge in [-0.3, -0.25) is 0 Å². The van der Waals surface area contributed by atoms with E-state index >= 15 is 0 Å². The Labute approximate surface area is 120 Å². The molecule has 0 aliphatic rings. The Hall–Kier alpha value is -0.0800. The highest BCUT2D eigenvalue weighted by molar-refractivity contribution is 4.68. The van der Waals surface area contributed by atoms with Crippen LogP contribution in [0.4, 0.5) is 0 Å². The van der Waals surface area contributed by atoms with Gasteiger partial charge in [-0.25, -0.2) is 0 Å². The summed E-state index contributed by atoms with van der Waals surface area (Å²) in [5, 5.41) is 9.93. The Balaban J connectivity index is 3.47. The van der Waals surface area contributed by atoms with E-state index < -0.39 is 0 Å². The predicted octanol–water partition coefficient (Wildman–Crippen LogP) is 4.94. The molecule has 1 atom stereocenters. The maximum Gasteiger partial charge on any atom is 0.0622 e. The molecule has 0 radical (unpaired) electrons. The Morgan fingerprint density at radius 1 is 0.842 bits per heavy atom. The summed E-state index contributed by atoms with van der Waals surface area (Å²) in [7, 11) is 1.77. The van der Waals surface area contributed by atoms with Gasteiger partial charge in [0.05, 0.1) is 11.7 Å². The van der Waals surface area contributed by atoms with Gasteiger partial charge in [0, 0.05) is 7.11 Å². The average molecular weight is 272 g/mol. The van der Waals surface area contributed by atoms with Crippen molar-refractivity contribution in [1.82, 2.24) is 0 Å². The second-order valence-corrected chi connectivity index (χ2v) is 7.67. The molecule has 0 spiro atoms. The number of hydrogen-bond acceptors (Lipinski definition) is 2. The summed E-state index contributed by atoms with van der Waals surface area (Å²) < 4.78 is 5.39. The molecule has 0 rings (SSSR count). The number of rotatable bonds is 10. The summed E-state index contributed by atoms with van der Waals surface area (Å²) in [6.07, 6.45) is 8.75. The maximum atomic E-state index is 9.93. The predicted molar refractivity (Wildman–Crippen MR) is 83.5 cm³/mol. The van der Waals surface area contributed by atoms with Gasteiger partial charge < -0.3 is 9.84 Å². The van der Waals surface area contributed by atoms with Crippen molar-refractivity contribution in [2.75, 3.05) is 7.11 Å². The van der Waals surface area contributed by atoms with Crippen LogP contribution in [0.3, 0.4) is 0 Å². The van der Waals surface area contributed by atoms with E-state index in [0.29, 0.717) is 5.41 Å². The van der Waals surface area contributed by atoms with Crippen molar-refractivity contribution in [3.05, 3.63) is 0 Å². The highest BCUT2D eigenvalue weighted by Gasteiger charge is 2.15. The monoisotopic (exact) mass is 272 g/mol. The summed E-state index contributed by atoms with van der Waals surface area (Å²) in [4.78, 5) is 0. The molecule has 0 aromatic carbocycles. The molecule has 0 aromatic heterocycles. The molecule has 0 heterocycles. The third-order valence-electron chi connectivity index (χ3n) is 3.83. The van der Waals surface area contributed by atoms with Gasteiger partial charge in [0.25, 0.3) is 0 Å². The smallest absolute Gasteiger partial charge is 0.0622 e. The van der Waals surface area contributed by atoms with Gasteiger partial charge in [-0.1, -0.05) is 46.5 Å². The van der Waals surface area contributed by atoms with Crippen LogP contribution in [0.5, 0.6) is 0 Å². The fraction of sp³-hybridized carbons (Fsp3) is 1.00. The molecule has 1 unspecified atom stereocenters. The highest BCUT2D eigenvalue weighted by Crippen LogP contribution is 2.23. The zero-order chi connectivity index (χ0) is 14.9. The van der Waals surface area contributed by atoms with Crippen molar-refractivity contribution in [2.45, 2.75) is 97.7 Å². The van der Waals surface area contributed by atoms with E-state index in [1.807, 2.05) is 0 Å². The van der Waals surface area contributed by atoms with Crippen LogP contribution in [-0.4, -0.2) is 23.9 Å². The van der Waals surface area contributed by atoms with E-state index in [4.69, 9.17) is 4.74 Å². The van der Waals surface area contributed by atoms with E-state index in [1.54, 1.807) is 7.11 Å². The number of methoxy groups -OCH3 is 1. The lowest BCUT2D eigenvalue weighted by molar-refractivity contribution is 0.0125. The first-order valence-electron chi connectivity index (χ1n) is 7.89. The molecule has 2 nitrogen and oxygen atoms in total. The van der Waals surface area contributed by atoms with Crippen LogP contribution < -0.4 is 0 Å². The van der Waals surface area contributed by atoms with Crippen molar-refractivity contribution < 1.29 is 9.84 Å². The van der Waals surface area contributed by atoms with Crippen LogP contribution in [0.1, 0.15) is 86.0 Å². The molecular formula is C17H36O2. The maximum absolute atomic E-state index is 9.93. The van der Waals surface area contributed by atoms with Crippen LogP contribution in [-0.2, 0) is 4.74 Å². The summed E-state index contributed by atoms with van der Waals surface area (Å²) >= 11 is 0. The molecule has 0 saturated carbocycles. The molecule has 116 valence electrons. The summed E-state index contributed by atoms with van der Waals surface area (Å²) in [6, 6.07) is 0. The lowest BCUT2D eigenvalue weighted by atomic mass is 9.89. The van der Waals surface area contributed by atoms with E-state index in [2.05, 4.69) is 34.6 Å². The van der Waals surface area contributed by atoms with Crippen LogP contribution in [0, 0.1) is 5.41 Å². The Bertz CT molecular complexity index is 216. The van der Waals surface area contributed by atoms with Gasteiger partial charge in [0.1, 0.15) is 0 Å². The van der Waals surface area contributed by atoms with E-state index in [9.17, 15) is 5.11 Å². The summed E-state index contributed by atoms with van der Waals surface area (Å²) in [5.74, 6) is 0. The van der Waals surface area contributed by atoms with E-state index in [0.717, 1.165) is 38.5 Å². The van der Waals surface area contributed by atoms with Gasteiger partial charge in [-0.2, -0.15) is 0 Å². The topological polar surface area (TPSA) is 29.5 Å². The lowest BCUT2D eigenvalue weighted by Gasteiger charge is -2.22. The molecule has 0 aliphatic heterocycles. The first kappa shape index (κ1) is 18.9. The van der Waals surface area contributed by atoms with Crippen LogP contribution in [0.2, 0.25) is 0 Å². The fourth-order valence-corrected chi connectivity index (χ4v) is 2.21. The molecule has 0 aliphatic carbocycles. The molecule has 0 saturated heterocycles. The van der Waals surface area contributed by atoms with Gasteiger partial charge in [0.2, 0.25) is 0 Å². The van der Waals surface area contributed by atoms with Crippen molar-refractivity contribution >= 4 is 0 Å². The van der Waals surface area contributed by atoms with E-state index in [-0.39, 0.29) is 11.7 Å². The molecule has 0 amide bonds. The number of aliphatic hydroxyl groups excluding tert-OH is 1. The molecule has 0 bridgehead atoms. The molecular weight excluding hydrogens is 236 g/mol. The van der Waals surface area contributed by atoms with Crippen molar-refractivity contribution in [1.29, 1.82) is 0 Å². The second-order valence-electron chi connectivity index (χ2n) is 7.67. The molecule has 0 aromatic rings. The number of unbranched alkanes of at least 4 members (excludes halogenated alkanes) is 2. The minimum absolute atomic E-state index is 0.0162. The van der Waals surface area contributed by atoms with Gasteiger partial charge in [-0.05, 0) is 44.9 Å². The minimum Gasteiger partial charge on any atom is -0.393 e. The summed E-state index contributed by atoms with van der Waals surface area (Å²) in [5.41, 5.74) is 0.411. The van der Waals surface area contributed by atoms with Gasteiger partial charge >= 0.3 is 0 Å². The molecule has 1 N–H and O–H groups in total. The second kappa shape index (κ2) is 8.97. The molecule has 0 fully saturated rings. The quantitative estimate of drug-likeness (QED) is 0.571. The highest BCUT2D eigenvalue weighted by atomic mass is 16.5. The van der Waals surface area contributed by atoms with Crippen molar-refractivity contribution in [3.8, 4) is 0 Å². The average Bonchev–Trinajstić information content (AvgIpc) is 2.29. The zero-order valence-electron chi connectivity index (χ0n) is 14.1. The molecule has 2 heteroatoms. The zero-order valence-corrected chi connectivity index (χ0v) is 14.1. The normalized spacial score (nSPS) is 14.7. The number of aliphatic hydroxyl groups is 1. The number of ether oxygens (including phenoxy) is 1. The third kappa shape index (κ3) is 12.7. The SMILES string of the molecule is COC(C)(C)CCCCC(O)CCCCC(C)(C)C. The standard InChI is InChI=1S/C17H36O2/c1-16(2,3)13-9-7-11-15(18)12-8-10-14-17(4,5)19-6/h15,18H,7-14H2,1-6H3. The largest absolute Gasteiger partial charge is 0.393 e. The number of hydrogen-bond donors (Lipinski definition) is 1. The fourth-order valence-electron chi connectivity index (χ4n) is 2.21. The Morgan fingerprint density at radius 2 is 1.32 bits per heavy atom. The van der Waals surface area contributed by atoms with Crippen molar-refractivity contribution in [2.24, 2.45) is 5.41 Å². The Kier molecular flexibility index (Phi) is 8.93. The van der Waals surface area contributed by atoms with Crippen LogP contribution in [0.25, 0.3) is 0 Å². The van der Waals surface area contributed by atoms with E-state index in [1.165, 1.54) is 12.8 Å². The summed E-state index contributed by atoms with van der Waals surface area (Å²) in [6.45, 7) is 11.1. The lowest BCUT2D eigenvalue weighted by Crippen LogP contribution is -2.22.